The Bertz CT molecular complexity index is 483. The number of rotatable bonds is 8. The van der Waals surface area contributed by atoms with Crippen LogP contribution in [0.25, 0.3) is 0 Å². The number of benzene rings is 1. The highest BCUT2D eigenvalue weighted by Crippen LogP contribution is 2.16. The van der Waals surface area contributed by atoms with Crippen LogP contribution in [-0.4, -0.2) is 23.7 Å². The van der Waals surface area contributed by atoms with Crippen LogP contribution in [0.3, 0.4) is 0 Å². The third-order valence-corrected chi connectivity index (χ3v) is 3.51. The van der Waals surface area contributed by atoms with E-state index >= 15 is 0 Å². The van der Waals surface area contributed by atoms with Crippen molar-refractivity contribution >= 4 is 29.9 Å². The Balaban J connectivity index is 0.00000484. The Morgan fingerprint density at radius 1 is 1.26 bits per heavy atom. The van der Waals surface area contributed by atoms with Crippen LogP contribution in [0.4, 0.5) is 4.39 Å². The average molecular weight is 437 g/mol. The van der Waals surface area contributed by atoms with Crippen LogP contribution in [0.5, 0.6) is 0 Å². The van der Waals surface area contributed by atoms with E-state index in [4.69, 9.17) is 5.73 Å². The molecule has 0 aliphatic rings. The van der Waals surface area contributed by atoms with Gasteiger partial charge in [0.05, 0.1) is 6.54 Å². The van der Waals surface area contributed by atoms with E-state index in [2.05, 4.69) is 31.1 Å². The van der Waals surface area contributed by atoms with Crippen LogP contribution in [0.1, 0.15) is 51.7 Å². The summed E-state index contributed by atoms with van der Waals surface area (Å²) >= 11 is 0. The predicted molar refractivity (Wildman–Crippen MR) is 105 cm³/mol. The first-order chi connectivity index (χ1) is 10.4. The number of guanidine groups is 1. The van der Waals surface area contributed by atoms with Crippen LogP contribution in [-0.2, 0) is 0 Å². The highest BCUT2D eigenvalue weighted by Gasteiger charge is 2.12. The minimum absolute atomic E-state index is 0. The van der Waals surface area contributed by atoms with E-state index in [1.807, 2.05) is 0 Å². The molecule has 1 rings (SSSR count). The maximum atomic E-state index is 13.5. The lowest BCUT2D eigenvalue weighted by atomic mass is 10.0. The number of nitrogens with one attached hydrogen (secondary N) is 1. The molecule has 2 unspecified atom stereocenters. The topological polar surface area (TPSA) is 70.6 Å². The lowest BCUT2D eigenvalue weighted by Gasteiger charge is -2.16. The first kappa shape index (κ1) is 22.1. The molecule has 0 heterocycles. The fourth-order valence-electron chi connectivity index (χ4n) is 2.23. The first-order valence-corrected chi connectivity index (χ1v) is 7.89. The maximum Gasteiger partial charge on any atom is 0.188 e. The lowest BCUT2D eigenvalue weighted by molar-refractivity contribution is 0.182. The zero-order valence-corrected chi connectivity index (χ0v) is 16.5. The van der Waals surface area contributed by atoms with Gasteiger partial charge < -0.3 is 16.2 Å². The number of nitrogens with zero attached hydrogens (tertiary/aromatic N) is 1. The summed E-state index contributed by atoms with van der Waals surface area (Å²) in [5, 5.41) is 13.1. The molecule has 0 saturated heterocycles. The molecule has 2 atom stereocenters. The number of hydrogen-bond donors (Lipinski definition) is 3. The molecular formula is C17H29FIN3O. The highest BCUT2D eigenvalue weighted by molar-refractivity contribution is 14.0. The van der Waals surface area contributed by atoms with Crippen LogP contribution < -0.4 is 11.1 Å². The van der Waals surface area contributed by atoms with Gasteiger partial charge in [-0.05, 0) is 25.3 Å². The Morgan fingerprint density at radius 3 is 2.52 bits per heavy atom. The standard InChI is InChI=1S/C17H28FN3O.HI/c1-12(2)7-6-8-13(3)21-17(19)20-11-16(22)14-9-4-5-10-15(14)18;/h4-5,9-10,12-13,16,22H,6-8,11H2,1-3H3,(H3,19,20,21);1H. The van der Waals surface area contributed by atoms with E-state index in [1.165, 1.54) is 12.5 Å². The molecule has 0 saturated carbocycles. The second kappa shape index (κ2) is 11.6. The monoisotopic (exact) mass is 437 g/mol. The molecular weight excluding hydrogens is 408 g/mol. The second-order valence-electron chi connectivity index (χ2n) is 6.13. The molecule has 0 spiro atoms. The van der Waals surface area contributed by atoms with Gasteiger partial charge in [0.1, 0.15) is 11.9 Å². The van der Waals surface area contributed by atoms with E-state index in [9.17, 15) is 9.50 Å². The second-order valence-corrected chi connectivity index (χ2v) is 6.13. The van der Waals surface area contributed by atoms with Gasteiger partial charge in [0.15, 0.2) is 5.96 Å². The molecule has 132 valence electrons. The van der Waals surface area contributed by atoms with Crippen molar-refractivity contribution in [3.63, 3.8) is 0 Å². The van der Waals surface area contributed by atoms with Gasteiger partial charge in [-0.1, -0.05) is 44.9 Å². The summed E-state index contributed by atoms with van der Waals surface area (Å²) in [5.41, 5.74) is 6.04. The SMILES string of the molecule is CC(C)CCCC(C)NC(N)=NCC(O)c1ccccc1F.I. The quantitative estimate of drug-likeness (QED) is 0.331. The van der Waals surface area contributed by atoms with Gasteiger partial charge in [0.25, 0.3) is 0 Å². The Hall–Kier alpha value is -0.890. The number of aliphatic hydroxyl groups is 1. The highest BCUT2D eigenvalue weighted by atomic mass is 127. The van der Waals surface area contributed by atoms with Gasteiger partial charge in [0.2, 0.25) is 0 Å². The summed E-state index contributed by atoms with van der Waals surface area (Å²) in [5.74, 6) is 0.556. The minimum Gasteiger partial charge on any atom is -0.386 e. The molecule has 0 aromatic heterocycles. The van der Waals surface area contributed by atoms with E-state index in [0.29, 0.717) is 5.92 Å². The predicted octanol–water partition coefficient (Wildman–Crippen LogP) is 3.60. The van der Waals surface area contributed by atoms with Gasteiger partial charge in [-0.25, -0.2) is 4.39 Å². The molecule has 0 bridgehead atoms. The summed E-state index contributed by atoms with van der Waals surface area (Å²) in [4.78, 5) is 4.09. The van der Waals surface area contributed by atoms with E-state index in [1.54, 1.807) is 18.2 Å². The van der Waals surface area contributed by atoms with Gasteiger partial charge in [-0.2, -0.15) is 0 Å². The number of nitrogens with two attached hydrogens (primary N) is 1. The van der Waals surface area contributed by atoms with Crippen molar-refractivity contribution in [2.75, 3.05) is 6.54 Å². The minimum atomic E-state index is -0.988. The van der Waals surface area contributed by atoms with E-state index in [-0.39, 0.29) is 48.1 Å². The zero-order valence-electron chi connectivity index (χ0n) is 14.1. The fraction of sp³-hybridized carbons (Fsp3) is 0.588. The molecule has 4 nitrogen and oxygen atoms in total. The third kappa shape index (κ3) is 9.10. The number of aliphatic imine (C=N–C) groups is 1. The molecule has 4 N–H and O–H groups in total. The fourth-order valence-corrected chi connectivity index (χ4v) is 2.23. The van der Waals surface area contributed by atoms with Crippen molar-refractivity contribution in [3.8, 4) is 0 Å². The molecule has 0 fully saturated rings. The molecule has 0 aliphatic heterocycles. The Kier molecular flexibility index (Phi) is 11.2. The molecule has 1 aromatic carbocycles. The smallest absolute Gasteiger partial charge is 0.188 e. The van der Waals surface area contributed by atoms with Crippen LogP contribution in [0.15, 0.2) is 29.3 Å². The van der Waals surface area contributed by atoms with E-state index in [0.717, 1.165) is 12.8 Å². The van der Waals surface area contributed by atoms with Crippen molar-refractivity contribution in [1.29, 1.82) is 0 Å². The molecule has 6 heteroatoms. The van der Waals surface area contributed by atoms with Crippen LogP contribution in [0, 0.1) is 11.7 Å². The number of hydrogen-bond acceptors (Lipinski definition) is 2. The van der Waals surface area contributed by atoms with Crippen molar-refractivity contribution in [2.24, 2.45) is 16.6 Å². The average Bonchev–Trinajstić information content (AvgIpc) is 2.44. The first-order valence-electron chi connectivity index (χ1n) is 7.89. The van der Waals surface area contributed by atoms with Crippen molar-refractivity contribution < 1.29 is 9.50 Å². The van der Waals surface area contributed by atoms with Gasteiger partial charge >= 0.3 is 0 Å². The van der Waals surface area contributed by atoms with Gasteiger partial charge in [-0.15, -0.1) is 24.0 Å². The summed E-state index contributed by atoms with van der Waals surface area (Å²) in [6.45, 7) is 6.50. The zero-order chi connectivity index (χ0) is 16.5. The maximum absolute atomic E-state index is 13.5. The molecule has 1 aromatic rings. The summed E-state index contributed by atoms with van der Waals surface area (Å²) in [7, 11) is 0. The largest absolute Gasteiger partial charge is 0.386 e. The third-order valence-electron chi connectivity index (χ3n) is 3.51. The molecule has 0 amide bonds. The summed E-state index contributed by atoms with van der Waals surface area (Å²) < 4.78 is 13.5. The summed E-state index contributed by atoms with van der Waals surface area (Å²) in [6.07, 6.45) is 2.36. The molecule has 23 heavy (non-hydrogen) atoms. The van der Waals surface area contributed by atoms with Gasteiger partial charge in [-0.3, -0.25) is 4.99 Å². The number of aliphatic hydroxyl groups excluding tert-OH is 1. The van der Waals surface area contributed by atoms with Gasteiger partial charge in [0, 0.05) is 11.6 Å². The molecule has 0 aliphatic carbocycles. The van der Waals surface area contributed by atoms with Crippen LogP contribution >= 0.6 is 24.0 Å². The van der Waals surface area contributed by atoms with Crippen molar-refractivity contribution in [3.05, 3.63) is 35.6 Å². The van der Waals surface area contributed by atoms with Crippen molar-refractivity contribution in [2.45, 2.75) is 52.2 Å². The normalized spacial score (nSPS) is 14.3. The Labute approximate surface area is 155 Å². The number of halogens is 2. The molecule has 0 radical (unpaired) electrons. The van der Waals surface area contributed by atoms with Crippen LogP contribution in [0.2, 0.25) is 0 Å². The summed E-state index contributed by atoms with van der Waals surface area (Å²) in [6, 6.07) is 6.37. The van der Waals surface area contributed by atoms with Crippen molar-refractivity contribution in [1.82, 2.24) is 5.32 Å². The Morgan fingerprint density at radius 2 is 1.91 bits per heavy atom. The van der Waals surface area contributed by atoms with E-state index < -0.39 is 11.9 Å². The lowest BCUT2D eigenvalue weighted by Crippen LogP contribution is -2.38.